The van der Waals surface area contributed by atoms with E-state index in [2.05, 4.69) is 12.2 Å². The lowest BCUT2D eigenvalue weighted by Crippen LogP contribution is -2.28. The van der Waals surface area contributed by atoms with Gasteiger partial charge in [-0.15, -0.1) is 0 Å². The third-order valence-corrected chi connectivity index (χ3v) is 4.65. The average Bonchev–Trinajstić information content (AvgIpc) is 3.04. The van der Waals surface area contributed by atoms with Gasteiger partial charge in [0, 0.05) is 24.3 Å². The van der Waals surface area contributed by atoms with E-state index in [1.807, 2.05) is 62.4 Å². The maximum absolute atomic E-state index is 12.6. The van der Waals surface area contributed by atoms with E-state index in [1.54, 1.807) is 4.90 Å². The molecule has 2 amide bonds. The van der Waals surface area contributed by atoms with Crippen LogP contribution in [0.3, 0.4) is 0 Å². The minimum atomic E-state index is -0.352. The highest BCUT2D eigenvalue weighted by Crippen LogP contribution is 2.28. The second-order valence-electron chi connectivity index (χ2n) is 7.11. The second kappa shape index (κ2) is 8.25. The van der Waals surface area contributed by atoms with Crippen molar-refractivity contribution >= 4 is 23.2 Å². The molecular formula is C22H26N2O3. The van der Waals surface area contributed by atoms with E-state index >= 15 is 0 Å². The number of hydrogen-bond acceptors (Lipinski definition) is 3. The SMILES string of the molecule is CCc1ccc(NC(=O)[C@@H]2CC(=O)N(c3ccc(OC(C)C)cc3)C2)cc1. The number of nitrogens with zero attached hydrogens (tertiary/aromatic N) is 1. The molecule has 5 heteroatoms. The van der Waals surface area contributed by atoms with Gasteiger partial charge in [-0.25, -0.2) is 0 Å². The summed E-state index contributed by atoms with van der Waals surface area (Å²) in [5, 5.41) is 2.92. The Morgan fingerprint density at radius 3 is 2.41 bits per heavy atom. The Morgan fingerprint density at radius 1 is 1.15 bits per heavy atom. The molecule has 1 atom stereocenters. The highest BCUT2D eigenvalue weighted by atomic mass is 16.5. The zero-order valence-electron chi connectivity index (χ0n) is 16.1. The second-order valence-corrected chi connectivity index (χ2v) is 7.11. The number of ether oxygens (including phenoxy) is 1. The number of benzene rings is 2. The zero-order chi connectivity index (χ0) is 19.4. The Kier molecular flexibility index (Phi) is 5.79. The van der Waals surface area contributed by atoms with Crippen LogP contribution in [0.4, 0.5) is 11.4 Å². The molecule has 0 aliphatic carbocycles. The fourth-order valence-electron chi connectivity index (χ4n) is 3.18. The predicted octanol–water partition coefficient (Wildman–Crippen LogP) is 4.03. The number of carbonyl (C=O) groups is 2. The molecular weight excluding hydrogens is 340 g/mol. The van der Waals surface area contributed by atoms with Gasteiger partial charge >= 0.3 is 0 Å². The summed E-state index contributed by atoms with van der Waals surface area (Å²) in [6.45, 7) is 6.42. The molecule has 142 valence electrons. The van der Waals surface area contributed by atoms with Crippen molar-refractivity contribution in [1.82, 2.24) is 0 Å². The molecule has 0 saturated carbocycles. The standard InChI is InChI=1S/C22H26N2O3/c1-4-16-5-7-18(8-6-16)23-22(26)17-13-21(25)24(14-17)19-9-11-20(12-10-19)27-15(2)3/h5-12,15,17H,4,13-14H2,1-3H3,(H,23,26)/t17-/m1/s1. The fraction of sp³-hybridized carbons (Fsp3) is 0.364. The highest BCUT2D eigenvalue weighted by molar-refractivity contribution is 6.03. The van der Waals surface area contributed by atoms with Gasteiger partial charge in [0.05, 0.1) is 12.0 Å². The van der Waals surface area contributed by atoms with E-state index in [0.717, 1.165) is 23.5 Å². The van der Waals surface area contributed by atoms with Gasteiger partial charge in [-0.3, -0.25) is 9.59 Å². The van der Waals surface area contributed by atoms with Gasteiger partial charge in [-0.2, -0.15) is 0 Å². The van der Waals surface area contributed by atoms with Crippen molar-refractivity contribution in [2.75, 3.05) is 16.8 Å². The monoisotopic (exact) mass is 366 g/mol. The predicted molar refractivity (Wildman–Crippen MR) is 107 cm³/mol. The van der Waals surface area contributed by atoms with Crippen molar-refractivity contribution in [3.63, 3.8) is 0 Å². The van der Waals surface area contributed by atoms with Crippen molar-refractivity contribution in [2.24, 2.45) is 5.92 Å². The van der Waals surface area contributed by atoms with Crippen molar-refractivity contribution in [3.8, 4) is 5.75 Å². The summed E-state index contributed by atoms with van der Waals surface area (Å²) in [6, 6.07) is 15.2. The summed E-state index contributed by atoms with van der Waals surface area (Å²) in [4.78, 5) is 26.6. The van der Waals surface area contributed by atoms with Gasteiger partial charge < -0.3 is 15.0 Å². The number of nitrogens with one attached hydrogen (secondary N) is 1. The molecule has 5 nitrogen and oxygen atoms in total. The normalized spacial score (nSPS) is 16.7. The fourth-order valence-corrected chi connectivity index (χ4v) is 3.18. The van der Waals surface area contributed by atoms with Gasteiger partial charge in [0.1, 0.15) is 5.75 Å². The molecule has 1 fully saturated rings. The van der Waals surface area contributed by atoms with E-state index in [9.17, 15) is 9.59 Å². The van der Waals surface area contributed by atoms with Gasteiger partial charge in [0.25, 0.3) is 0 Å². The Hall–Kier alpha value is -2.82. The van der Waals surface area contributed by atoms with Gasteiger partial charge in [0.15, 0.2) is 0 Å². The Balaban J connectivity index is 1.62. The molecule has 27 heavy (non-hydrogen) atoms. The van der Waals surface area contributed by atoms with Crippen LogP contribution >= 0.6 is 0 Å². The molecule has 2 aromatic rings. The minimum absolute atomic E-state index is 0.0333. The largest absolute Gasteiger partial charge is 0.491 e. The lowest BCUT2D eigenvalue weighted by Gasteiger charge is -2.18. The quantitative estimate of drug-likeness (QED) is 0.840. The van der Waals surface area contributed by atoms with Crippen molar-refractivity contribution in [1.29, 1.82) is 0 Å². The lowest BCUT2D eigenvalue weighted by atomic mass is 10.1. The molecule has 2 aromatic carbocycles. The van der Waals surface area contributed by atoms with Crippen LogP contribution in [0.1, 0.15) is 32.8 Å². The van der Waals surface area contributed by atoms with Gasteiger partial charge in [-0.1, -0.05) is 19.1 Å². The molecule has 0 spiro atoms. The third-order valence-electron chi connectivity index (χ3n) is 4.65. The molecule has 1 aliphatic rings. The first-order chi connectivity index (χ1) is 13.0. The van der Waals surface area contributed by atoms with Crippen molar-refractivity contribution in [2.45, 2.75) is 39.7 Å². The third kappa shape index (κ3) is 4.67. The Labute approximate surface area is 160 Å². The van der Waals surface area contributed by atoms with Crippen LogP contribution < -0.4 is 15.0 Å². The molecule has 1 N–H and O–H groups in total. The maximum atomic E-state index is 12.6. The summed E-state index contributed by atoms with van der Waals surface area (Å²) in [5.41, 5.74) is 2.78. The first-order valence-corrected chi connectivity index (χ1v) is 9.43. The Morgan fingerprint density at radius 2 is 1.81 bits per heavy atom. The maximum Gasteiger partial charge on any atom is 0.229 e. The van der Waals surface area contributed by atoms with Crippen LogP contribution in [0.15, 0.2) is 48.5 Å². The number of carbonyl (C=O) groups excluding carboxylic acids is 2. The molecule has 1 aliphatic heterocycles. The van der Waals surface area contributed by atoms with Crippen LogP contribution in [0.5, 0.6) is 5.75 Å². The molecule has 3 rings (SSSR count). The molecule has 0 radical (unpaired) electrons. The van der Waals surface area contributed by atoms with E-state index < -0.39 is 0 Å². The Bertz CT molecular complexity index is 797. The minimum Gasteiger partial charge on any atom is -0.491 e. The van der Waals surface area contributed by atoms with Gasteiger partial charge in [0.2, 0.25) is 11.8 Å². The summed E-state index contributed by atoms with van der Waals surface area (Å²) in [5.74, 6) is 0.268. The summed E-state index contributed by atoms with van der Waals surface area (Å²) < 4.78 is 5.63. The van der Waals surface area contributed by atoms with Crippen LogP contribution in [-0.2, 0) is 16.0 Å². The summed E-state index contributed by atoms with van der Waals surface area (Å²) in [6.07, 6.45) is 1.29. The molecule has 0 bridgehead atoms. The van der Waals surface area contributed by atoms with Gasteiger partial charge in [-0.05, 0) is 62.2 Å². The van der Waals surface area contributed by atoms with Crippen molar-refractivity contribution in [3.05, 3.63) is 54.1 Å². The number of rotatable bonds is 6. The average molecular weight is 366 g/mol. The van der Waals surface area contributed by atoms with Crippen LogP contribution in [0.25, 0.3) is 0 Å². The molecule has 0 aromatic heterocycles. The lowest BCUT2D eigenvalue weighted by molar-refractivity contribution is -0.122. The molecule has 0 unspecified atom stereocenters. The zero-order valence-corrected chi connectivity index (χ0v) is 16.1. The number of amides is 2. The smallest absolute Gasteiger partial charge is 0.229 e. The first kappa shape index (κ1) is 19.0. The number of hydrogen-bond donors (Lipinski definition) is 1. The van der Waals surface area contributed by atoms with Crippen LogP contribution in [0.2, 0.25) is 0 Å². The molecule has 1 saturated heterocycles. The van der Waals surface area contributed by atoms with E-state index in [-0.39, 0.29) is 30.3 Å². The summed E-state index contributed by atoms with van der Waals surface area (Å²) >= 11 is 0. The topological polar surface area (TPSA) is 58.6 Å². The van der Waals surface area contributed by atoms with E-state index in [1.165, 1.54) is 5.56 Å². The van der Waals surface area contributed by atoms with Crippen LogP contribution in [-0.4, -0.2) is 24.5 Å². The highest BCUT2D eigenvalue weighted by Gasteiger charge is 2.35. The number of anilines is 2. The van der Waals surface area contributed by atoms with E-state index in [4.69, 9.17) is 4.74 Å². The molecule has 1 heterocycles. The first-order valence-electron chi connectivity index (χ1n) is 9.43. The number of aryl methyl sites for hydroxylation is 1. The van der Waals surface area contributed by atoms with E-state index in [0.29, 0.717) is 6.54 Å². The van der Waals surface area contributed by atoms with Crippen LogP contribution in [0, 0.1) is 5.92 Å². The summed E-state index contributed by atoms with van der Waals surface area (Å²) in [7, 11) is 0. The van der Waals surface area contributed by atoms with Crippen molar-refractivity contribution < 1.29 is 14.3 Å².